The van der Waals surface area contributed by atoms with Crippen LogP contribution in [-0.2, 0) is 0 Å². The Balaban J connectivity index is 2.27. The molecule has 2 aromatic heterocycles. The van der Waals surface area contributed by atoms with E-state index in [1.165, 1.54) is 0 Å². The minimum absolute atomic E-state index is 0.356. The highest BCUT2D eigenvalue weighted by molar-refractivity contribution is 5.93. The molecule has 0 N–H and O–H groups in total. The monoisotopic (exact) mass is 235 g/mol. The first-order valence-corrected chi connectivity index (χ1v) is 5.51. The van der Waals surface area contributed by atoms with Crippen LogP contribution in [0.25, 0.3) is 22.3 Å². The molecule has 0 radical (unpaired) electrons. The average molecular weight is 235 g/mol. The first-order valence-electron chi connectivity index (χ1n) is 5.51. The summed E-state index contributed by atoms with van der Waals surface area (Å²) in [4.78, 5) is 23.4. The molecular formula is C14H9N3O. The Hall–Kier alpha value is -2.62. The molecule has 0 aliphatic rings. The number of carbonyl (C=O) groups excluding carboxylic acids is 1. The summed E-state index contributed by atoms with van der Waals surface area (Å²) >= 11 is 0. The Kier molecular flexibility index (Phi) is 2.53. The molecule has 0 aliphatic heterocycles. The molecule has 1 aromatic carbocycles. The van der Waals surface area contributed by atoms with Crippen molar-refractivity contribution < 1.29 is 4.79 Å². The number of carbonyl (C=O) groups is 1. The first-order chi connectivity index (χ1) is 8.88. The van der Waals surface area contributed by atoms with Crippen LogP contribution in [0, 0.1) is 0 Å². The molecule has 3 aromatic rings. The summed E-state index contributed by atoms with van der Waals surface area (Å²) in [5.41, 5.74) is 1.05. The average Bonchev–Trinajstić information content (AvgIpc) is 2.47. The van der Waals surface area contributed by atoms with Crippen LogP contribution in [0.3, 0.4) is 0 Å². The van der Waals surface area contributed by atoms with Gasteiger partial charge < -0.3 is 0 Å². The summed E-state index contributed by atoms with van der Waals surface area (Å²) in [6, 6.07) is 11.4. The second-order valence-electron chi connectivity index (χ2n) is 3.80. The van der Waals surface area contributed by atoms with E-state index in [0.29, 0.717) is 23.5 Å². The van der Waals surface area contributed by atoms with Crippen molar-refractivity contribution in [2.45, 2.75) is 0 Å². The number of benzene rings is 1. The van der Waals surface area contributed by atoms with Gasteiger partial charge in [-0.3, -0.25) is 9.78 Å². The number of aromatic nitrogens is 3. The number of rotatable bonds is 2. The van der Waals surface area contributed by atoms with Crippen molar-refractivity contribution in [3.8, 4) is 11.5 Å². The van der Waals surface area contributed by atoms with E-state index in [-0.39, 0.29) is 0 Å². The number of pyridine rings is 1. The lowest BCUT2D eigenvalue weighted by molar-refractivity contribution is 0.111. The second kappa shape index (κ2) is 4.33. The smallest absolute Gasteiger partial charge is 0.179 e. The number of hydrogen-bond donors (Lipinski definition) is 0. The van der Waals surface area contributed by atoms with Crippen molar-refractivity contribution in [1.82, 2.24) is 15.0 Å². The molecule has 0 aliphatic carbocycles. The largest absolute Gasteiger partial charge is 0.296 e. The standard InChI is InChI=1S/C14H9N3O/c18-9-11-6-8-16-14(17-11)13-12-4-2-1-3-10(12)5-7-15-13/h1-9H. The summed E-state index contributed by atoms with van der Waals surface area (Å²) < 4.78 is 0. The molecule has 4 heteroatoms. The van der Waals surface area contributed by atoms with Gasteiger partial charge in [-0.15, -0.1) is 0 Å². The van der Waals surface area contributed by atoms with Crippen LogP contribution in [0.1, 0.15) is 10.5 Å². The second-order valence-corrected chi connectivity index (χ2v) is 3.80. The third kappa shape index (κ3) is 1.73. The topological polar surface area (TPSA) is 55.7 Å². The molecule has 2 heterocycles. The van der Waals surface area contributed by atoms with Crippen LogP contribution in [0.2, 0.25) is 0 Å². The highest BCUT2D eigenvalue weighted by atomic mass is 16.1. The molecule has 86 valence electrons. The van der Waals surface area contributed by atoms with Gasteiger partial charge in [0.05, 0.1) is 0 Å². The minimum atomic E-state index is 0.356. The molecule has 0 spiro atoms. The van der Waals surface area contributed by atoms with E-state index in [1.807, 2.05) is 30.3 Å². The highest BCUT2D eigenvalue weighted by Crippen LogP contribution is 2.23. The Morgan fingerprint density at radius 3 is 2.67 bits per heavy atom. The van der Waals surface area contributed by atoms with Gasteiger partial charge in [-0.1, -0.05) is 24.3 Å². The van der Waals surface area contributed by atoms with Gasteiger partial charge in [0.15, 0.2) is 12.1 Å². The number of hydrogen-bond acceptors (Lipinski definition) is 4. The van der Waals surface area contributed by atoms with E-state index in [0.717, 1.165) is 10.8 Å². The molecule has 0 fully saturated rings. The molecule has 0 amide bonds. The van der Waals surface area contributed by atoms with Gasteiger partial charge in [0.2, 0.25) is 0 Å². The lowest BCUT2D eigenvalue weighted by Crippen LogP contribution is -1.95. The molecule has 3 rings (SSSR count). The first kappa shape index (κ1) is 10.5. The lowest BCUT2D eigenvalue weighted by atomic mass is 10.1. The predicted molar refractivity (Wildman–Crippen MR) is 68.2 cm³/mol. The molecule has 18 heavy (non-hydrogen) atoms. The maximum absolute atomic E-state index is 10.7. The van der Waals surface area contributed by atoms with Crippen LogP contribution in [0.5, 0.6) is 0 Å². The van der Waals surface area contributed by atoms with Gasteiger partial charge in [-0.2, -0.15) is 0 Å². The SMILES string of the molecule is O=Cc1ccnc(-c2nccc3ccccc23)n1. The predicted octanol–water partition coefficient (Wildman–Crippen LogP) is 2.50. The van der Waals surface area contributed by atoms with Gasteiger partial charge in [0.1, 0.15) is 11.4 Å². The van der Waals surface area contributed by atoms with Crippen LogP contribution in [-0.4, -0.2) is 21.2 Å². The normalized spacial score (nSPS) is 10.4. The Bertz CT molecular complexity index is 720. The summed E-state index contributed by atoms with van der Waals surface area (Å²) in [5.74, 6) is 0.469. The summed E-state index contributed by atoms with van der Waals surface area (Å²) in [5, 5.41) is 2.05. The molecule has 0 unspecified atom stereocenters. The third-order valence-electron chi connectivity index (χ3n) is 2.68. The van der Waals surface area contributed by atoms with Crippen molar-refractivity contribution in [1.29, 1.82) is 0 Å². The quantitative estimate of drug-likeness (QED) is 0.640. The fourth-order valence-electron chi connectivity index (χ4n) is 1.85. The Morgan fingerprint density at radius 1 is 0.944 bits per heavy atom. The van der Waals surface area contributed by atoms with Crippen LogP contribution < -0.4 is 0 Å². The van der Waals surface area contributed by atoms with Gasteiger partial charge in [0.25, 0.3) is 0 Å². The summed E-state index contributed by atoms with van der Waals surface area (Å²) in [7, 11) is 0. The number of nitrogens with zero attached hydrogens (tertiary/aromatic N) is 3. The molecule has 0 bridgehead atoms. The van der Waals surface area contributed by atoms with Gasteiger partial charge in [-0.25, -0.2) is 9.97 Å². The zero-order chi connectivity index (χ0) is 12.4. The van der Waals surface area contributed by atoms with Gasteiger partial charge in [-0.05, 0) is 17.5 Å². The Morgan fingerprint density at radius 2 is 1.78 bits per heavy atom. The number of fused-ring (bicyclic) bond motifs is 1. The zero-order valence-corrected chi connectivity index (χ0v) is 9.45. The number of aldehydes is 1. The fraction of sp³-hybridized carbons (Fsp3) is 0. The van der Waals surface area contributed by atoms with E-state index >= 15 is 0 Å². The molecule has 0 saturated heterocycles. The minimum Gasteiger partial charge on any atom is -0.296 e. The molecular weight excluding hydrogens is 226 g/mol. The molecule has 0 saturated carbocycles. The fourth-order valence-corrected chi connectivity index (χ4v) is 1.85. The van der Waals surface area contributed by atoms with Crippen LogP contribution >= 0.6 is 0 Å². The zero-order valence-electron chi connectivity index (χ0n) is 9.45. The summed E-state index contributed by atoms with van der Waals surface area (Å²) in [6.07, 6.45) is 3.99. The van der Waals surface area contributed by atoms with Crippen LogP contribution in [0.15, 0.2) is 48.8 Å². The van der Waals surface area contributed by atoms with Crippen molar-refractivity contribution in [3.05, 3.63) is 54.5 Å². The van der Waals surface area contributed by atoms with Crippen LogP contribution in [0.4, 0.5) is 0 Å². The maximum Gasteiger partial charge on any atom is 0.179 e. The van der Waals surface area contributed by atoms with Crippen molar-refractivity contribution >= 4 is 17.1 Å². The van der Waals surface area contributed by atoms with Crippen molar-refractivity contribution in [3.63, 3.8) is 0 Å². The van der Waals surface area contributed by atoms with E-state index in [1.54, 1.807) is 18.5 Å². The van der Waals surface area contributed by atoms with E-state index in [9.17, 15) is 4.79 Å². The summed E-state index contributed by atoms with van der Waals surface area (Å²) in [6.45, 7) is 0. The van der Waals surface area contributed by atoms with Gasteiger partial charge >= 0.3 is 0 Å². The third-order valence-corrected chi connectivity index (χ3v) is 2.68. The Labute approximate surface area is 103 Å². The molecule has 0 atom stereocenters. The van der Waals surface area contributed by atoms with E-state index in [2.05, 4.69) is 15.0 Å². The van der Waals surface area contributed by atoms with Crippen molar-refractivity contribution in [2.24, 2.45) is 0 Å². The lowest BCUT2D eigenvalue weighted by Gasteiger charge is -2.04. The van der Waals surface area contributed by atoms with E-state index < -0.39 is 0 Å². The van der Waals surface area contributed by atoms with Gasteiger partial charge in [0, 0.05) is 17.8 Å². The highest BCUT2D eigenvalue weighted by Gasteiger charge is 2.08. The van der Waals surface area contributed by atoms with Crippen molar-refractivity contribution in [2.75, 3.05) is 0 Å². The maximum atomic E-state index is 10.7. The van der Waals surface area contributed by atoms with E-state index in [4.69, 9.17) is 0 Å². The molecule has 4 nitrogen and oxygen atoms in total.